The zero-order valence-corrected chi connectivity index (χ0v) is 13.5. The maximum absolute atomic E-state index is 12.1. The Bertz CT molecular complexity index is 624. The quantitative estimate of drug-likeness (QED) is 0.499. The number of ether oxygens (including phenoxy) is 1. The minimum absolute atomic E-state index is 0.00771. The number of nitrogens with one attached hydrogen (secondary N) is 2. The minimum atomic E-state index is -0.836. The number of carbonyl (C=O) groups is 3. The summed E-state index contributed by atoms with van der Waals surface area (Å²) in [6, 6.07) is 0. The normalized spacial score (nSPS) is 15.3. The van der Waals surface area contributed by atoms with Crippen LogP contribution in [0.15, 0.2) is 5.03 Å². The Hall–Kier alpha value is -2.04. The molecule has 3 amide bonds. The molecule has 6 N–H and O–H groups in total. The van der Waals surface area contributed by atoms with Crippen molar-refractivity contribution < 1.29 is 19.1 Å². The zero-order chi connectivity index (χ0) is 17.0. The van der Waals surface area contributed by atoms with Crippen LogP contribution in [-0.2, 0) is 9.53 Å². The lowest BCUT2D eigenvalue weighted by Crippen LogP contribution is -2.41. The first kappa shape index (κ1) is 17.3. The molecule has 1 aliphatic heterocycles. The van der Waals surface area contributed by atoms with Gasteiger partial charge in [-0.1, -0.05) is 0 Å². The first-order valence-corrected chi connectivity index (χ1v) is 8.16. The summed E-state index contributed by atoms with van der Waals surface area (Å²) in [5.74, 6) is -1.85. The molecule has 0 aromatic carbocycles. The minimum Gasteiger partial charge on any atom is -0.379 e. The fourth-order valence-electron chi connectivity index (χ4n) is 2.35. The van der Waals surface area contributed by atoms with Crippen LogP contribution in [0.5, 0.6) is 0 Å². The van der Waals surface area contributed by atoms with Gasteiger partial charge in [-0.2, -0.15) is 0 Å². The summed E-state index contributed by atoms with van der Waals surface area (Å²) in [5.41, 5.74) is 10.5. The fraction of sp³-hybridized carbons (Fsp3) is 0.462. The lowest BCUT2D eigenvalue weighted by Gasteiger charge is -2.25. The number of nitrogens with two attached hydrogens (primary N) is 2. The number of morpholine rings is 1. The van der Waals surface area contributed by atoms with E-state index in [4.69, 9.17) is 16.2 Å². The third kappa shape index (κ3) is 4.03. The third-order valence-corrected chi connectivity index (χ3v) is 4.11. The van der Waals surface area contributed by atoms with Crippen LogP contribution < -0.4 is 16.8 Å². The number of aromatic nitrogens is 1. The molecule has 9 nitrogen and oxygen atoms in total. The van der Waals surface area contributed by atoms with Crippen LogP contribution in [0.2, 0.25) is 0 Å². The van der Waals surface area contributed by atoms with Gasteiger partial charge in [-0.25, -0.2) is 0 Å². The van der Waals surface area contributed by atoms with Crippen molar-refractivity contribution in [3.05, 3.63) is 11.1 Å². The number of rotatable bonds is 6. The van der Waals surface area contributed by atoms with Crippen LogP contribution in [0.3, 0.4) is 0 Å². The molecule has 2 heterocycles. The Morgan fingerprint density at radius 1 is 1.22 bits per heavy atom. The van der Waals surface area contributed by atoms with Gasteiger partial charge in [-0.15, -0.1) is 11.8 Å². The lowest BCUT2D eigenvalue weighted by atomic mass is 10.1. The topological polar surface area (TPSA) is 144 Å². The number of H-pyrrole nitrogens is 1. The molecule has 0 radical (unpaired) electrons. The number of anilines is 1. The number of thioether (sulfide) groups is 1. The van der Waals surface area contributed by atoms with E-state index >= 15 is 0 Å². The highest BCUT2D eigenvalue weighted by Gasteiger charge is 2.26. The van der Waals surface area contributed by atoms with Crippen molar-refractivity contribution in [2.45, 2.75) is 5.03 Å². The van der Waals surface area contributed by atoms with E-state index in [1.165, 1.54) is 11.8 Å². The molecular weight excluding hydrogens is 322 g/mol. The Labute approximate surface area is 137 Å². The van der Waals surface area contributed by atoms with Gasteiger partial charge in [0, 0.05) is 13.1 Å². The molecule has 2 rings (SSSR count). The summed E-state index contributed by atoms with van der Waals surface area (Å²) in [4.78, 5) is 40.1. The average Bonchev–Trinajstić information content (AvgIpc) is 2.86. The van der Waals surface area contributed by atoms with Crippen molar-refractivity contribution in [1.29, 1.82) is 0 Å². The maximum Gasteiger partial charge on any atom is 0.253 e. The Kier molecular flexibility index (Phi) is 5.64. The van der Waals surface area contributed by atoms with Crippen LogP contribution in [0.4, 0.5) is 5.82 Å². The van der Waals surface area contributed by atoms with Crippen LogP contribution in [-0.4, -0.2) is 66.7 Å². The lowest BCUT2D eigenvalue weighted by molar-refractivity contribution is -0.118. The summed E-state index contributed by atoms with van der Waals surface area (Å²) in [5, 5.41) is 2.97. The molecule has 0 spiro atoms. The van der Waals surface area contributed by atoms with Crippen molar-refractivity contribution in [2.24, 2.45) is 11.5 Å². The summed E-state index contributed by atoms with van der Waals surface area (Å²) in [7, 11) is 0. The molecular formula is C13H19N5O4S. The predicted octanol–water partition coefficient (Wildman–Crippen LogP) is -0.795. The fourth-order valence-corrected chi connectivity index (χ4v) is 2.96. The molecule has 1 aliphatic rings. The summed E-state index contributed by atoms with van der Waals surface area (Å²) >= 11 is 1.20. The van der Waals surface area contributed by atoms with E-state index in [9.17, 15) is 14.4 Å². The summed E-state index contributed by atoms with van der Waals surface area (Å²) in [6.07, 6.45) is 1.71. The molecule has 0 saturated carbocycles. The van der Waals surface area contributed by atoms with Gasteiger partial charge in [0.1, 0.15) is 5.82 Å². The van der Waals surface area contributed by atoms with Crippen molar-refractivity contribution in [1.82, 2.24) is 9.88 Å². The number of hydrogen-bond acceptors (Lipinski definition) is 6. The molecule has 0 atom stereocenters. The standard InChI is InChI=1S/C13H19N5O4S/c1-23-13-9(11(15)21)8(10(14)20)12(17-13)16-7(19)6-18-2-4-22-5-3-18/h17H,2-6H2,1H3,(H2,14,20)(H2,15,21)(H,16,19). The highest BCUT2D eigenvalue weighted by atomic mass is 32.2. The van der Waals surface area contributed by atoms with Crippen molar-refractivity contribution >= 4 is 35.3 Å². The van der Waals surface area contributed by atoms with Gasteiger partial charge in [0.2, 0.25) is 5.91 Å². The number of nitrogens with zero attached hydrogens (tertiary/aromatic N) is 1. The smallest absolute Gasteiger partial charge is 0.253 e. The molecule has 0 bridgehead atoms. The molecule has 1 fully saturated rings. The largest absolute Gasteiger partial charge is 0.379 e. The van der Waals surface area contributed by atoms with Crippen molar-refractivity contribution in [2.75, 3.05) is 44.4 Å². The molecule has 1 aromatic heterocycles. The summed E-state index contributed by atoms with van der Waals surface area (Å²) in [6.45, 7) is 2.61. The summed E-state index contributed by atoms with van der Waals surface area (Å²) < 4.78 is 5.22. The first-order chi connectivity index (χ1) is 10.9. The number of hydrogen-bond donors (Lipinski definition) is 4. The molecule has 10 heteroatoms. The van der Waals surface area contributed by atoms with Crippen LogP contribution >= 0.6 is 11.8 Å². The van der Waals surface area contributed by atoms with Crippen molar-refractivity contribution in [3.63, 3.8) is 0 Å². The first-order valence-electron chi connectivity index (χ1n) is 6.93. The van der Waals surface area contributed by atoms with E-state index in [-0.39, 0.29) is 29.4 Å². The Balaban J connectivity index is 2.19. The van der Waals surface area contributed by atoms with Gasteiger partial charge < -0.3 is 26.5 Å². The van der Waals surface area contributed by atoms with Gasteiger partial charge in [0.15, 0.2) is 0 Å². The van der Waals surface area contributed by atoms with E-state index in [1.807, 2.05) is 4.90 Å². The number of aromatic amines is 1. The second-order valence-corrected chi connectivity index (χ2v) is 5.76. The second-order valence-electron chi connectivity index (χ2n) is 4.95. The number of carbonyl (C=O) groups excluding carboxylic acids is 3. The molecule has 126 valence electrons. The monoisotopic (exact) mass is 341 g/mol. The van der Waals surface area contributed by atoms with Gasteiger partial charge in [-0.3, -0.25) is 19.3 Å². The molecule has 1 saturated heterocycles. The Morgan fingerprint density at radius 2 is 1.83 bits per heavy atom. The van der Waals surface area contributed by atoms with E-state index in [2.05, 4.69) is 10.3 Å². The van der Waals surface area contributed by atoms with E-state index < -0.39 is 11.8 Å². The number of amides is 3. The Morgan fingerprint density at radius 3 is 2.35 bits per heavy atom. The molecule has 1 aromatic rings. The molecule has 23 heavy (non-hydrogen) atoms. The number of primary amides is 2. The van der Waals surface area contributed by atoms with Gasteiger partial charge in [0.25, 0.3) is 11.8 Å². The van der Waals surface area contributed by atoms with Gasteiger partial charge in [-0.05, 0) is 6.26 Å². The van der Waals surface area contributed by atoms with Gasteiger partial charge >= 0.3 is 0 Å². The third-order valence-electron chi connectivity index (χ3n) is 3.40. The SMILES string of the molecule is CSc1[nH]c(NC(=O)CN2CCOCC2)c(C(N)=O)c1C(N)=O. The van der Waals surface area contributed by atoms with Crippen LogP contribution in [0.25, 0.3) is 0 Å². The maximum atomic E-state index is 12.1. The predicted molar refractivity (Wildman–Crippen MR) is 85.5 cm³/mol. The highest BCUT2D eigenvalue weighted by molar-refractivity contribution is 7.98. The van der Waals surface area contributed by atoms with Crippen LogP contribution in [0.1, 0.15) is 20.7 Å². The average molecular weight is 341 g/mol. The van der Waals surface area contributed by atoms with E-state index in [0.717, 1.165) is 0 Å². The highest BCUT2D eigenvalue weighted by Crippen LogP contribution is 2.29. The van der Waals surface area contributed by atoms with Crippen molar-refractivity contribution in [3.8, 4) is 0 Å². The second kappa shape index (κ2) is 7.49. The van der Waals surface area contributed by atoms with E-state index in [0.29, 0.717) is 31.3 Å². The molecule has 0 aliphatic carbocycles. The molecule has 0 unspecified atom stereocenters. The van der Waals surface area contributed by atoms with E-state index in [1.54, 1.807) is 6.26 Å². The zero-order valence-electron chi connectivity index (χ0n) is 12.7. The van der Waals surface area contributed by atoms with Gasteiger partial charge in [0.05, 0.1) is 35.9 Å². The van der Waals surface area contributed by atoms with Crippen LogP contribution in [0, 0.1) is 0 Å².